The zero-order valence-electron chi connectivity index (χ0n) is 13.0. The number of hydrogen-bond donors (Lipinski definition) is 1. The molecule has 3 rings (SSSR count). The molecule has 1 aromatic rings. The number of carbonyl (C=O) groups is 2. The summed E-state index contributed by atoms with van der Waals surface area (Å²) in [6.45, 7) is 8.44. The Morgan fingerprint density at radius 1 is 1.32 bits per heavy atom. The van der Waals surface area contributed by atoms with E-state index in [-0.39, 0.29) is 17.1 Å². The molecule has 1 saturated heterocycles. The van der Waals surface area contributed by atoms with Crippen molar-refractivity contribution >= 4 is 29.3 Å². The number of nitrogens with one attached hydrogen (secondary N) is 1. The number of benzene rings is 1. The fourth-order valence-electron chi connectivity index (χ4n) is 2.79. The van der Waals surface area contributed by atoms with E-state index in [1.807, 2.05) is 24.0 Å². The molecular formula is C16H21N3O2S. The Kier molecular flexibility index (Phi) is 4.40. The Morgan fingerprint density at radius 3 is 2.73 bits per heavy atom. The van der Waals surface area contributed by atoms with Crippen LogP contribution in [0.4, 0.5) is 5.69 Å². The lowest BCUT2D eigenvalue weighted by molar-refractivity contribution is -0.115. The first-order chi connectivity index (χ1) is 10.6. The molecule has 0 bridgehead atoms. The highest BCUT2D eigenvalue weighted by atomic mass is 32.2. The highest BCUT2D eigenvalue weighted by molar-refractivity contribution is 8.00. The number of nitrogens with zero attached hydrogens (tertiary/aromatic N) is 2. The van der Waals surface area contributed by atoms with Gasteiger partial charge >= 0.3 is 0 Å². The molecule has 2 aliphatic heterocycles. The second-order valence-electron chi connectivity index (χ2n) is 5.69. The summed E-state index contributed by atoms with van der Waals surface area (Å²) in [6, 6.07) is 5.61. The zero-order valence-corrected chi connectivity index (χ0v) is 13.8. The van der Waals surface area contributed by atoms with Gasteiger partial charge in [-0.25, -0.2) is 0 Å². The summed E-state index contributed by atoms with van der Waals surface area (Å²) in [5.41, 5.74) is 1.41. The molecule has 1 aromatic carbocycles. The molecule has 0 spiro atoms. The molecule has 118 valence electrons. The lowest BCUT2D eigenvalue weighted by Gasteiger charge is -2.34. The van der Waals surface area contributed by atoms with Gasteiger partial charge in [0, 0.05) is 36.6 Å². The molecule has 0 aliphatic carbocycles. The van der Waals surface area contributed by atoms with Crippen LogP contribution in [0.1, 0.15) is 24.2 Å². The van der Waals surface area contributed by atoms with Crippen molar-refractivity contribution < 1.29 is 9.59 Å². The number of hydrogen-bond acceptors (Lipinski definition) is 4. The monoisotopic (exact) mass is 319 g/mol. The second-order valence-corrected chi connectivity index (χ2v) is 7.07. The zero-order chi connectivity index (χ0) is 15.7. The van der Waals surface area contributed by atoms with E-state index in [1.165, 1.54) is 11.8 Å². The van der Waals surface area contributed by atoms with Gasteiger partial charge in [0.1, 0.15) is 0 Å². The van der Waals surface area contributed by atoms with Crippen molar-refractivity contribution in [3.8, 4) is 0 Å². The molecular weight excluding hydrogens is 298 g/mol. The first-order valence-electron chi connectivity index (χ1n) is 7.71. The summed E-state index contributed by atoms with van der Waals surface area (Å²) in [5.74, 6) is 0.0510. The predicted octanol–water partition coefficient (Wildman–Crippen LogP) is 1.90. The van der Waals surface area contributed by atoms with Crippen molar-refractivity contribution in [3.63, 3.8) is 0 Å². The van der Waals surface area contributed by atoms with Gasteiger partial charge in [-0.15, -0.1) is 11.8 Å². The molecule has 1 atom stereocenters. The summed E-state index contributed by atoms with van der Waals surface area (Å²) in [6.07, 6.45) is 0. The van der Waals surface area contributed by atoms with Crippen LogP contribution in [0, 0.1) is 0 Å². The third kappa shape index (κ3) is 2.98. The summed E-state index contributed by atoms with van der Waals surface area (Å²) < 4.78 is 0. The topological polar surface area (TPSA) is 52.6 Å². The summed E-state index contributed by atoms with van der Waals surface area (Å²) in [5, 5.41) is 2.80. The molecule has 2 heterocycles. The molecule has 6 heteroatoms. The number of piperazine rings is 1. The average Bonchev–Trinajstić information content (AvgIpc) is 2.55. The first kappa shape index (κ1) is 15.4. The summed E-state index contributed by atoms with van der Waals surface area (Å²) in [4.78, 5) is 29.7. The van der Waals surface area contributed by atoms with Crippen molar-refractivity contribution in [2.75, 3.05) is 38.0 Å². The molecule has 1 fully saturated rings. The molecule has 1 N–H and O–H groups in total. The lowest BCUT2D eigenvalue weighted by Crippen LogP contribution is -2.48. The minimum atomic E-state index is -0.0869. The van der Waals surface area contributed by atoms with Gasteiger partial charge in [0.25, 0.3) is 5.91 Å². The highest BCUT2D eigenvalue weighted by Gasteiger charge is 2.26. The molecule has 2 aliphatic rings. The van der Waals surface area contributed by atoms with Gasteiger partial charge < -0.3 is 15.1 Å². The van der Waals surface area contributed by atoms with Crippen molar-refractivity contribution in [1.82, 2.24) is 9.80 Å². The van der Waals surface area contributed by atoms with Gasteiger partial charge in [0.2, 0.25) is 5.91 Å². The molecule has 5 nitrogen and oxygen atoms in total. The number of amides is 2. The number of fused-ring (bicyclic) bond motifs is 1. The average molecular weight is 319 g/mol. The van der Waals surface area contributed by atoms with Gasteiger partial charge in [-0.1, -0.05) is 6.92 Å². The number of carbonyl (C=O) groups excluding carboxylic acids is 2. The van der Waals surface area contributed by atoms with Crippen molar-refractivity contribution in [2.24, 2.45) is 0 Å². The minimum Gasteiger partial charge on any atom is -0.336 e. The number of likely N-dealkylation sites (N-methyl/N-ethyl adjacent to an activating group) is 1. The number of thioether (sulfide) groups is 1. The van der Waals surface area contributed by atoms with Gasteiger partial charge in [0.05, 0.1) is 10.9 Å². The maximum absolute atomic E-state index is 12.6. The third-order valence-electron chi connectivity index (χ3n) is 4.26. The third-order valence-corrected chi connectivity index (χ3v) is 5.44. The summed E-state index contributed by atoms with van der Waals surface area (Å²) in [7, 11) is 0. The Bertz CT molecular complexity index is 597. The Labute approximate surface area is 135 Å². The predicted molar refractivity (Wildman–Crippen MR) is 88.4 cm³/mol. The molecule has 0 radical (unpaired) electrons. The Morgan fingerprint density at radius 2 is 2.05 bits per heavy atom. The highest BCUT2D eigenvalue weighted by Crippen LogP contribution is 2.36. The molecule has 22 heavy (non-hydrogen) atoms. The molecule has 1 unspecified atom stereocenters. The maximum Gasteiger partial charge on any atom is 0.254 e. The van der Waals surface area contributed by atoms with Crippen molar-refractivity contribution in [2.45, 2.75) is 24.0 Å². The van der Waals surface area contributed by atoms with Crippen LogP contribution < -0.4 is 5.32 Å². The van der Waals surface area contributed by atoms with E-state index in [4.69, 9.17) is 0 Å². The number of rotatable bonds is 2. The SMILES string of the molecule is CCN1CCN(C(=O)c2ccc3c(c2)NC(=O)C(C)S3)CC1. The smallest absolute Gasteiger partial charge is 0.254 e. The van der Waals surface area contributed by atoms with Crippen molar-refractivity contribution in [3.05, 3.63) is 23.8 Å². The van der Waals surface area contributed by atoms with Gasteiger partial charge in [0.15, 0.2) is 0 Å². The molecule has 0 saturated carbocycles. The van der Waals surface area contributed by atoms with E-state index in [0.717, 1.165) is 43.3 Å². The molecule has 0 aromatic heterocycles. The largest absolute Gasteiger partial charge is 0.336 e. The quantitative estimate of drug-likeness (QED) is 0.904. The van der Waals surface area contributed by atoms with E-state index in [2.05, 4.69) is 17.1 Å². The Balaban J connectivity index is 1.74. The van der Waals surface area contributed by atoms with Gasteiger partial charge in [-0.05, 0) is 31.7 Å². The van der Waals surface area contributed by atoms with Crippen LogP contribution in [-0.4, -0.2) is 59.6 Å². The van der Waals surface area contributed by atoms with E-state index < -0.39 is 0 Å². The fraction of sp³-hybridized carbons (Fsp3) is 0.500. The molecule has 2 amide bonds. The standard InChI is InChI=1S/C16H21N3O2S/c1-3-18-6-8-19(9-7-18)16(21)12-4-5-14-13(10-12)17-15(20)11(2)22-14/h4-5,10-11H,3,6-9H2,1-2H3,(H,17,20). The minimum absolute atomic E-state index is 0.00124. The van der Waals surface area contributed by atoms with Gasteiger partial charge in [-0.2, -0.15) is 0 Å². The normalized spacial score (nSPS) is 22.2. The van der Waals surface area contributed by atoms with E-state index in [9.17, 15) is 9.59 Å². The van der Waals surface area contributed by atoms with Crippen LogP contribution in [0.2, 0.25) is 0 Å². The summed E-state index contributed by atoms with van der Waals surface area (Å²) >= 11 is 1.54. The van der Waals surface area contributed by atoms with Crippen LogP contribution in [0.5, 0.6) is 0 Å². The lowest BCUT2D eigenvalue weighted by atomic mass is 10.1. The van der Waals surface area contributed by atoms with Crippen LogP contribution in [0.3, 0.4) is 0 Å². The number of anilines is 1. The fourth-order valence-corrected chi connectivity index (χ4v) is 3.72. The maximum atomic E-state index is 12.6. The van der Waals surface area contributed by atoms with Gasteiger partial charge in [-0.3, -0.25) is 9.59 Å². The van der Waals surface area contributed by atoms with Crippen LogP contribution in [0.25, 0.3) is 0 Å². The van der Waals surface area contributed by atoms with Crippen molar-refractivity contribution in [1.29, 1.82) is 0 Å². The van der Waals surface area contributed by atoms with E-state index >= 15 is 0 Å². The second kappa shape index (κ2) is 6.30. The van der Waals surface area contributed by atoms with Crippen LogP contribution in [0.15, 0.2) is 23.1 Å². The van der Waals surface area contributed by atoms with E-state index in [1.54, 1.807) is 6.07 Å². The van der Waals surface area contributed by atoms with E-state index in [0.29, 0.717) is 5.56 Å². The van der Waals surface area contributed by atoms with Crippen LogP contribution >= 0.6 is 11.8 Å². The van der Waals surface area contributed by atoms with Crippen LogP contribution in [-0.2, 0) is 4.79 Å². The Hall–Kier alpha value is -1.53. The first-order valence-corrected chi connectivity index (χ1v) is 8.59.